The van der Waals surface area contributed by atoms with Crippen molar-refractivity contribution >= 4 is 52.4 Å². The molecule has 0 bridgehead atoms. The van der Waals surface area contributed by atoms with Gasteiger partial charge in [0.1, 0.15) is 11.5 Å². The summed E-state index contributed by atoms with van der Waals surface area (Å²) in [5, 5.41) is 11.8. The molecule has 1 atom stereocenters. The van der Waals surface area contributed by atoms with E-state index in [-0.39, 0.29) is 34.2 Å². The molecule has 0 aliphatic carbocycles. The fourth-order valence-corrected chi connectivity index (χ4v) is 6.06. The SMILES string of the molecule is CCOC(=O)C1=C(C)N=c2sc(=Cc3ccc(-c4ccc(Cl)cc4[N+](=O)[O-])o3)c(=O)n2C1c1ccc(SC)cc1. The highest BCUT2D eigenvalue weighted by molar-refractivity contribution is 7.98. The van der Waals surface area contributed by atoms with Gasteiger partial charge in [-0.25, -0.2) is 9.79 Å². The third kappa shape index (κ3) is 5.15. The van der Waals surface area contributed by atoms with Gasteiger partial charge in [0.05, 0.1) is 38.9 Å². The number of carbonyl (C=O) groups excluding carboxylic acids is 1. The second kappa shape index (κ2) is 11.3. The molecule has 0 N–H and O–H groups in total. The number of thiazole rings is 1. The van der Waals surface area contributed by atoms with Crippen LogP contribution in [0.4, 0.5) is 5.69 Å². The molecule has 204 valence electrons. The molecule has 1 aliphatic heterocycles. The Morgan fingerprint density at radius 2 is 2.00 bits per heavy atom. The molecule has 40 heavy (non-hydrogen) atoms. The van der Waals surface area contributed by atoms with Crippen LogP contribution in [0.25, 0.3) is 17.4 Å². The first-order valence-corrected chi connectivity index (χ1v) is 14.5. The van der Waals surface area contributed by atoms with Gasteiger partial charge in [0, 0.05) is 22.1 Å². The van der Waals surface area contributed by atoms with Crippen molar-refractivity contribution < 1.29 is 18.9 Å². The minimum Gasteiger partial charge on any atom is -0.463 e. The molecule has 0 saturated carbocycles. The van der Waals surface area contributed by atoms with Crippen LogP contribution in [0.15, 0.2) is 85.0 Å². The minimum absolute atomic E-state index is 0.185. The molecule has 2 aromatic heterocycles. The van der Waals surface area contributed by atoms with Crippen LogP contribution in [0.3, 0.4) is 0 Å². The molecule has 0 spiro atoms. The van der Waals surface area contributed by atoms with Gasteiger partial charge in [-0.05, 0) is 62.1 Å². The number of fused-ring (bicyclic) bond motifs is 1. The zero-order valence-electron chi connectivity index (χ0n) is 21.5. The van der Waals surface area contributed by atoms with Gasteiger partial charge in [-0.1, -0.05) is 35.1 Å². The van der Waals surface area contributed by atoms with Gasteiger partial charge in [0.15, 0.2) is 4.80 Å². The van der Waals surface area contributed by atoms with Crippen molar-refractivity contribution in [3.8, 4) is 11.3 Å². The molecule has 1 unspecified atom stereocenters. The first-order valence-electron chi connectivity index (χ1n) is 12.1. The minimum atomic E-state index is -0.725. The van der Waals surface area contributed by atoms with E-state index in [1.165, 1.54) is 16.7 Å². The van der Waals surface area contributed by atoms with E-state index in [0.717, 1.165) is 21.8 Å². The maximum Gasteiger partial charge on any atom is 0.338 e. The Hall–Kier alpha value is -3.93. The van der Waals surface area contributed by atoms with Crippen LogP contribution in [0.5, 0.6) is 0 Å². The molecule has 0 amide bonds. The topological polar surface area (TPSA) is 117 Å². The Kier molecular flexibility index (Phi) is 7.79. The van der Waals surface area contributed by atoms with E-state index >= 15 is 0 Å². The number of nitro benzene ring substituents is 1. The van der Waals surface area contributed by atoms with Crippen LogP contribution in [0.2, 0.25) is 5.02 Å². The van der Waals surface area contributed by atoms with E-state index < -0.39 is 16.9 Å². The first-order chi connectivity index (χ1) is 19.2. The Labute approximate surface area is 241 Å². The number of allylic oxidation sites excluding steroid dienone is 1. The molecule has 1 aliphatic rings. The van der Waals surface area contributed by atoms with Crippen molar-refractivity contribution in [1.82, 2.24) is 4.57 Å². The molecular weight excluding hydrogens is 574 g/mol. The number of nitro groups is 1. The standard InChI is InChI=1S/C28H22ClN3O6S2/c1-4-37-27(34)24-15(2)30-28-31(25(24)16-5-9-19(39-3)10-6-16)26(33)23(40-28)14-18-8-12-22(38-18)20-11-7-17(29)13-21(20)32(35)36/h5-14,25H,4H2,1-3H3. The smallest absolute Gasteiger partial charge is 0.338 e. The summed E-state index contributed by atoms with van der Waals surface area (Å²) in [5.74, 6) is 0.0542. The maximum atomic E-state index is 13.8. The van der Waals surface area contributed by atoms with E-state index in [9.17, 15) is 19.7 Å². The summed E-state index contributed by atoms with van der Waals surface area (Å²) in [6, 6.07) is 14.5. The second-order valence-corrected chi connectivity index (χ2v) is 11.0. The molecule has 0 radical (unpaired) electrons. The van der Waals surface area contributed by atoms with E-state index in [1.54, 1.807) is 49.9 Å². The van der Waals surface area contributed by atoms with E-state index in [2.05, 4.69) is 4.99 Å². The number of aromatic nitrogens is 1. The van der Waals surface area contributed by atoms with Crippen LogP contribution in [0, 0.1) is 10.1 Å². The van der Waals surface area contributed by atoms with Crippen molar-refractivity contribution in [3.63, 3.8) is 0 Å². The summed E-state index contributed by atoms with van der Waals surface area (Å²) < 4.78 is 13.0. The number of rotatable bonds is 7. The predicted molar refractivity (Wildman–Crippen MR) is 154 cm³/mol. The van der Waals surface area contributed by atoms with Gasteiger partial charge >= 0.3 is 5.97 Å². The van der Waals surface area contributed by atoms with E-state index in [4.69, 9.17) is 20.8 Å². The number of nitrogens with zero attached hydrogens (tertiary/aromatic N) is 3. The first kappa shape index (κ1) is 27.6. The molecule has 9 nitrogen and oxygen atoms in total. The fourth-order valence-electron chi connectivity index (χ4n) is 4.46. The summed E-state index contributed by atoms with van der Waals surface area (Å²) >= 11 is 8.69. The average Bonchev–Trinajstić information content (AvgIpc) is 3.52. The van der Waals surface area contributed by atoms with Crippen molar-refractivity contribution in [2.75, 3.05) is 12.9 Å². The highest BCUT2D eigenvalue weighted by Gasteiger charge is 2.33. The zero-order valence-corrected chi connectivity index (χ0v) is 23.9. The van der Waals surface area contributed by atoms with Crippen LogP contribution in [0.1, 0.15) is 31.2 Å². The van der Waals surface area contributed by atoms with Crippen LogP contribution >= 0.6 is 34.7 Å². The second-order valence-electron chi connectivity index (χ2n) is 8.70. The Balaban J connectivity index is 1.63. The number of esters is 1. The number of carbonyl (C=O) groups is 1. The molecule has 12 heteroatoms. The van der Waals surface area contributed by atoms with Crippen molar-refractivity contribution in [3.05, 3.63) is 112 Å². The van der Waals surface area contributed by atoms with Crippen LogP contribution in [-0.2, 0) is 9.53 Å². The number of hydrogen-bond donors (Lipinski definition) is 0. The van der Waals surface area contributed by atoms with E-state index in [0.29, 0.717) is 26.4 Å². The van der Waals surface area contributed by atoms with Crippen molar-refractivity contribution in [2.45, 2.75) is 24.8 Å². The Morgan fingerprint density at radius 3 is 2.67 bits per heavy atom. The molecule has 2 aromatic carbocycles. The summed E-state index contributed by atoms with van der Waals surface area (Å²) in [6.45, 7) is 3.64. The monoisotopic (exact) mass is 595 g/mol. The molecule has 5 rings (SSSR count). The summed E-state index contributed by atoms with van der Waals surface area (Å²) in [5.41, 5.74) is 1.24. The van der Waals surface area contributed by atoms with Crippen molar-refractivity contribution in [2.24, 2.45) is 4.99 Å². The predicted octanol–water partition coefficient (Wildman–Crippen LogP) is 5.34. The van der Waals surface area contributed by atoms with Gasteiger partial charge in [-0.15, -0.1) is 11.8 Å². The van der Waals surface area contributed by atoms with Gasteiger partial charge in [0.25, 0.3) is 11.2 Å². The van der Waals surface area contributed by atoms with Gasteiger partial charge < -0.3 is 9.15 Å². The number of halogens is 1. The number of benzene rings is 2. The Bertz CT molecular complexity index is 1850. The maximum absolute atomic E-state index is 13.8. The van der Waals surface area contributed by atoms with Crippen LogP contribution < -0.4 is 14.9 Å². The van der Waals surface area contributed by atoms with Gasteiger partial charge in [-0.3, -0.25) is 19.5 Å². The lowest BCUT2D eigenvalue weighted by atomic mass is 9.96. The molecule has 0 fully saturated rings. The summed E-state index contributed by atoms with van der Waals surface area (Å²) in [4.78, 5) is 43.9. The summed E-state index contributed by atoms with van der Waals surface area (Å²) in [6.07, 6.45) is 3.53. The summed E-state index contributed by atoms with van der Waals surface area (Å²) in [7, 11) is 0. The number of hydrogen-bond acceptors (Lipinski definition) is 9. The van der Waals surface area contributed by atoms with Gasteiger partial charge in [-0.2, -0.15) is 0 Å². The third-order valence-corrected chi connectivity index (χ3v) is 8.23. The molecule has 3 heterocycles. The Morgan fingerprint density at radius 1 is 1.25 bits per heavy atom. The normalized spacial score (nSPS) is 15.1. The number of ether oxygens (including phenoxy) is 1. The van der Waals surface area contributed by atoms with Crippen LogP contribution in [-0.4, -0.2) is 28.3 Å². The van der Waals surface area contributed by atoms with Gasteiger partial charge in [0.2, 0.25) is 0 Å². The third-order valence-electron chi connectivity index (χ3n) is 6.27. The lowest BCUT2D eigenvalue weighted by molar-refractivity contribution is -0.384. The lowest BCUT2D eigenvalue weighted by Gasteiger charge is -2.24. The molecular formula is C28H22ClN3O6S2. The highest BCUT2D eigenvalue weighted by atomic mass is 35.5. The average molecular weight is 596 g/mol. The zero-order chi connectivity index (χ0) is 28.6. The molecule has 4 aromatic rings. The fraction of sp³-hybridized carbons (Fsp3) is 0.179. The number of thioether (sulfide) groups is 1. The molecule has 0 saturated heterocycles. The lowest BCUT2D eigenvalue weighted by Crippen LogP contribution is -2.39. The quantitative estimate of drug-likeness (QED) is 0.122. The van der Waals surface area contributed by atoms with Crippen molar-refractivity contribution in [1.29, 1.82) is 0 Å². The number of furan rings is 1. The van der Waals surface area contributed by atoms with E-state index in [1.807, 2.05) is 30.5 Å². The largest absolute Gasteiger partial charge is 0.463 e. The highest BCUT2D eigenvalue weighted by Crippen LogP contribution is 2.34.